The smallest absolute Gasteiger partial charge is 0.339 e. The zero-order valence-corrected chi connectivity index (χ0v) is 21.1. The van der Waals surface area contributed by atoms with Crippen molar-refractivity contribution in [1.29, 1.82) is 0 Å². The average Bonchev–Trinajstić information content (AvgIpc) is 2.90. The summed E-state index contributed by atoms with van der Waals surface area (Å²) in [6.07, 6.45) is 0.636. The summed E-state index contributed by atoms with van der Waals surface area (Å²) in [4.78, 5) is 11.8. The Hall–Kier alpha value is -3.54. The van der Waals surface area contributed by atoms with E-state index in [0.29, 0.717) is 18.7 Å². The van der Waals surface area contributed by atoms with Crippen molar-refractivity contribution < 1.29 is 19.4 Å². The van der Waals surface area contributed by atoms with Crippen molar-refractivity contribution in [2.75, 3.05) is 13.7 Å². The molecule has 1 heterocycles. The Morgan fingerprint density at radius 3 is 2.50 bits per heavy atom. The van der Waals surface area contributed by atoms with E-state index < -0.39 is 5.97 Å². The molecule has 0 saturated carbocycles. The van der Waals surface area contributed by atoms with Crippen molar-refractivity contribution in [2.24, 2.45) is 0 Å². The van der Waals surface area contributed by atoms with E-state index in [1.807, 2.05) is 24.3 Å². The van der Waals surface area contributed by atoms with Crippen LogP contribution >= 0.6 is 12.4 Å². The molecule has 2 N–H and O–H groups in total. The van der Waals surface area contributed by atoms with Crippen LogP contribution in [0.2, 0.25) is 0 Å². The summed E-state index contributed by atoms with van der Waals surface area (Å²) in [6, 6.07) is 28.3. The van der Waals surface area contributed by atoms with Gasteiger partial charge in [0.05, 0.1) is 7.11 Å². The Bertz CT molecular complexity index is 1370. The van der Waals surface area contributed by atoms with Crippen molar-refractivity contribution in [1.82, 2.24) is 5.32 Å². The van der Waals surface area contributed by atoms with E-state index in [1.54, 1.807) is 12.1 Å². The number of carbonyl (C=O) groups is 1. The number of benzene rings is 4. The highest BCUT2D eigenvalue weighted by molar-refractivity contribution is 5.91. The van der Waals surface area contributed by atoms with E-state index in [1.165, 1.54) is 23.4 Å². The number of methoxy groups -OCH3 is 1. The summed E-state index contributed by atoms with van der Waals surface area (Å²) >= 11 is 0. The molecule has 0 fully saturated rings. The van der Waals surface area contributed by atoms with Gasteiger partial charge < -0.3 is 19.9 Å². The average molecular weight is 504 g/mol. The maximum atomic E-state index is 11.8. The van der Waals surface area contributed by atoms with E-state index in [9.17, 15) is 9.90 Å². The minimum Gasteiger partial charge on any atom is -0.496 e. The zero-order valence-electron chi connectivity index (χ0n) is 20.3. The molecule has 0 unspecified atom stereocenters. The van der Waals surface area contributed by atoms with Crippen LogP contribution in [-0.2, 0) is 0 Å². The number of aromatic carboxylic acids is 1. The summed E-state index contributed by atoms with van der Waals surface area (Å²) in [5.41, 5.74) is 3.35. The molecule has 1 aliphatic heterocycles. The van der Waals surface area contributed by atoms with Crippen molar-refractivity contribution in [3.63, 3.8) is 0 Å². The molecule has 36 heavy (non-hydrogen) atoms. The first-order valence-corrected chi connectivity index (χ1v) is 11.9. The van der Waals surface area contributed by atoms with Crippen molar-refractivity contribution >= 4 is 29.1 Å². The third-order valence-electron chi connectivity index (χ3n) is 6.88. The number of hydrogen-bond donors (Lipinski definition) is 2. The molecule has 0 aliphatic carbocycles. The van der Waals surface area contributed by atoms with Crippen LogP contribution in [-0.4, -0.2) is 30.8 Å². The Morgan fingerprint density at radius 2 is 1.69 bits per heavy atom. The van der Waals surface area contributed by atoms with Crippen LogP contribution in [0.5, 0.6) is 11.5 Å². The fourth-order valence-corrected chi connectivity index (χ4v) is 5.18. The molecule has 5 nitrogen and oxygen atoms in total. The molecule has 186 valence electrons. The van der Waals surface area contributed by atoms with Gasteiger partial charge in [-0.2, -0.15) is 0 Å². The minimum absolute atomic E-state index is 0. The predicted molar refractivity (Wildman–Crippen MR) is 145 cm³/mol. The highest BCUT2D eigenvalue weighted by Crippen LogP contribution is 2.44. The molecule has 4 aromatic rings. The maximum absolute atomic E-state index is 11.8. The van der Waals surface area contributed by atoms with Crippen LogP contribution < -0.4 is 14.8 Å². The highest BCUT2D eigenvalue weighted by Gasteiger charge is 2.32. The number of para-hydroxylation sites is 2. The minimum atomic E-state index is -0.994. The highest BCUT2D eigenvalue weighted by atomic mass is 35.5. The van der Waals surface area contributed by atoms with Crippen molar-refractivity contribution in [2.45, 2.75) is 31.4 Å². The molecule has 1 aliphatic rings. The van der Waals surface area contributed by atoms with Gasteiger partial charge in [-0.1, -0.05) is 72.8 Å². The zero-order chi connectivity index (χ0) is 24.4. The SMILES string of the molecule is COc1c(C(=O)O)cccc1[C@H]1C[C@H](CN[C@H](C)c2cccc3ccccc23)Oc2ccccc21.Cl. The lowest BCUT2D eigenvalue weighted by Gasteiger charge is -2.34. The monoisotopic (exact) mass is 503 g/mol. The lowest BCUT2D eigenvalue weighted by atomic mass is 9.83. The largest absolute Gasteiger partial charge is 0.496 e. The topological polar surface area (TPSA) is 67.8 Å². The normalized spacial score (nSPS) is 17.4. The van der Waals surface area contributed by atoms with Crippen LogP contribution in [0.1, 0.15) is 52.4 Å². The fraction of sp³-hybridized carbons (Fsp3) is 0.233. The van der Waals surface area contributed by atoms with Gasteiger partial charge in [-0.25, -0.2) is 4.79 Å². The van der Waals surface area contributed by atoms with Crippen molar-refractivity contribution in [3.8, 4) is 11.5 Å². The van der Waals surface area contributed by atoms with Gasteiger partial charge in [-0.3, -0.25) is 0 Å². The van der Waals surface area contributed by atoms with E-state index in [2.05, 4.69) is 60.8 Å². The Balaban J connectivity index is 0.00000304. The number of hydrogen-bond acceptors (Lipinski definition) is 4. The van der Waals surface area contributed by atoms with Gasteiger partial charge in [0.25, 0.3) is 0 Å². The Kier molecular flexibility index (Phi) is 7.82. The van der Waals surface area contributed by atoms with Crippen LogP contribution in [0.3, 0.4) is 0 Å². The molecule has 0 amide bonds. The molecule has 0 spiro atoms. The van der Waals surface area contributed by atoms with Crippen LogP contribution in [0.15, 0.2) is 84.9 Å². The first kappa shape index (κ1) is 25.5. The molecule has 6 heteroatoms. The first-order valence-electron chi connectivity index (χ1n) is 11.9. The quantitative estimate of drug-likeness (QED) is 0.297. The molecule has 0 aromatic heterocycles. The summed E-state index contributed by atoms with van der Waals surface area (Å²) in [5.74, 6) is 0.216. The molecule has 0 saturated heterocycles. The number of nitrogens with one attached hydrogen (secondary N) is 1. The number of carboxylic acid groups (broad SMARTS) is 1. The number of ether oxygens (including phenoxy) is 2. The molecule has 0 bridgehead atoms. The number of carboxylic acids is 1. The summed E-state index contributed by atoms with van der Waals surface area (Å²) in [5, 5.41) is 15.8. The summed E-state index contributed by atoms with van der Waals surface area (Å²) < 4.78 is 12.0. The molecular weight excluding hydrogens is 474 g/mol. The molecule has 5 rings (SSSR count). The van der Waals surface area contributed by atoms with Gasteiger partial charge in [-0.15, -0.1) is 12.4 Å². The number of fused-ring (bicyclic) bond motifs is 2. The summed E-state index contributed by atoms with van der Waals surface area (Å²) in [6.45, 7) is 2.84. The fourth-order valence-electron chi connectivity index (χ4n) is 5.18. The van der Waals surface area contributed by atoms with Crippen molar-refractivity contribution in [3.05, 3.63) is 107 Å². The first-order chi connectivity index (χ1) is 17.1. The van der Waals surface area contributed by atoms with E-state index >= 15 is 0 Å². The second-order valence-corrected chi connectivity index (χ2v) is 9.00. The predicted octanol–water partition coefficient (Wildman–Crippen LogP) is 6.60. The third-order valence-corrected chi connectivity index (χ3v) is 6.88. The Labute approximate surface area is 217 Å². The van der Waals surface area contributed by atoms with E-state index in [0.717, 1.165) is 16.9 Å². The van der Waals surface area contributed by atoms with Crippen LogP contribution in [0.25, 0.3) is 10.8 Å². The summed E-state index contributed by atoms with van der Waals surface area (Å²) in [7, 11) is 1.53. The van der Waals surface area contributed by atoms with Crippen LogP contribution in [0, 0.1) is 0 Å². The van der Waals surface area contributed by atoms with Gasteiger partial charge >= 0.3 is 5.97 Å². The molecular formula is C30H30ClNO4. The number of halogens is 1. The third kappa shape index (κ3) is 4.90. The van der Waals surface area contributed by atoms with Gasteiger partial charge in [0, 0.05) is 29.6 Å². The molecule has 3 atom stereocenters. The van der Waals surface area contributed by atoms with Crippen LogP contribution in [0.4, 0.5) is 0 Å². The van der Waals surface area contributed by atoms with Gasteiger partial charge in [0.2, 0.25) is 0 Å². The second kappa shape index (κ2) is 11.0. The molecule has 0 radical (unpaired) electrons. The van der Waals surface area contributed by atoms with E-state index in [-0.39, 0.29) is 36.0 Å². The lowest BCUT2D eigenvalue weighted by molar-refractivity contribution is 0.0693. The van der Waals surface area contributed by atoms with E-state index in [4.69, 9.17) is 9.47 Å². The second-order valence-electron chi connectivity index (χ2n) is 9.00. The Morgan fingerprint density at radius 1 is 1.00 bits per heavy atom. The molecule has 4 aromatic carbocycles. The number of rotatable bonds is 7. The lowest BCUT2D eigenvalue weighted by Crippen LogP contribution is -2.37. The van der Waals surface area contributed by atoms with Gasteiger partial charge in [0.1, 0.15) is 23.2 Å². The maximum Gasteiger partial charge on any atom is 0.339 e. The standard InChI is InChI=1S/C30H29NO4.ClH/c1-19(22-13-7-10-20-9-3-4-11-23(20)22)31-18-21-17-27(24-12-5-6-16-28(24)35-21)25-14-8-15-26(30(32)33)29(25)34-2;/h3-16,19,21,27,31H,17-18H2,1-2H3,(H,32,33);1H/t19-,21-,27+;/m1./s1. The van der Waals surface area contributed by atoms with Gasteiger partial charge in [-0.05, 0) is 41.8 Å². The van der Waals surface area contributed by atoms with Gasteiger partial charge in [0.15, 0.2) is 0 Å².